The van der Waals surface area contributed by atoms with E-state index >= 15 is 0 Å². The first-order valence-electron chi connectivity index (χ1n) is 13.5. The quantitative estimate of drug-likeness (QED) is 0.273. The van der Waals surface area contributed by atoms with Crippen molar-refractivity contribution in [3.63, 3.8) is 0 Å². The minimum atomic E-state index is -0.0880. The Morgan fingerprint density at radius 2 is 1.48 bits per heavy atom. The average Bonchev–Trinajstić information content (AvgIpc) is 3.30. The number of aromatic nitrogens is 1. The van der Waals surface area contributed by atoms with Gasteiger partial charge in [-0.3, -0.25) is 9.59 Å². The normalized spacial score (nSPS) is 11.7. The number of carbonyl (C=O) groups is 2. The molecule has 0 saturated heterocycles. The number of fused-ring (bicyclic) bond motifs is 1. The van der Waals surface area contributed by atoms with Gasteiger partial charge in [0.05, 0.1) is 17.0 Å². The van der Waals surface area contributed by atoms with Gasteiger partial charge >= 0.3 is 0 Å². The fourth-order valence-electron chi connectivity index (χ4n) is 4.50. The molecule has 0 aliphatic rings. The number of nitrogens with zero attached hydrogens (tertiary/aromatic N) is 4. The smallest absolute Gasteiger partial charge is 0.253 e. The van der Waals surface area contributed by atoms with Crippen LogP contribution in [-0.2, 0) is 0 Å². The Morgan fingerprint density at radius 3 is 2.10 bits per heavy atom. The summed E-state index contributed by atoms with van der Waals surface area (Å²) in [6, 6.07) is 22.2. The summed E-state index contributed by atoms with van der Waals surface area (Å²) in [6.45, 7) is 6.58. The molecule has 3 aromatic carbocycles. The molecule has 0 saturated carbocycles. The van der Waals surface area contributed by atoms with E-state index in [9.17, 15) is 14.7 Å². The highest BCUT2D eigenvalue weighted by Crippen LogP contribution is 2.32. The number of benzene rings is 3. The molecule has 0 radical (unpaired) electrons. The zero-order valence-corrected chi connectivity index (χ0v) is 23.8. The van der Waals surface area contributed by atoms with Gasteiger partial charge in [-0.1, -0.05) is 36.4 Å². The molecular weight excluding hydrogens is 502 g/mol. The maximum atomic E-state index is 13.1. The van der Waals surface area contributed by atoms with E-state index in [1.807, 2.05) is 81.4 Å². The van der Waals surface area contributed by atoms with Crippen molar-refractivity contribution < 1.29 is 14.7 Å². The lowest BCUT2D eigenvalue weighted by Crippen LogP contribution is -2.36. The number of rotatable bonds is 10. The van der Waals surface area contributed by atoms with E-state index in [1.54, 1.807) is 36.2 Å². The van der Waals surface area contributed by atoms with Crippen molar-refractivity contribution in [1.29, 1.82) is 0 Å². The van der Waals surface area contributed by atoms with Gasteiger partial charge in [-0.15, -0.1) is 0 Å². The Labute approximate surface area is 235 Å². The van der Waals surface area contributed by atoms with E-state index in [2.05, 4.69) is 9.88 Å². The summed E-state index contributed by atoms with van der Waals surface area (Å²) in [6.07, 6.45) is 0. The number of hydrogen-bond acceptors (Lipinski definition) is 5. The predicted octanol–water partition coefficient (Wildman–Crippen LogP) is 5.16. The third-order valence-electron chi connectivity index (χ3n) is 6.97. The summed E-state index contributed by atoms with van der Waals surface area (Å²) >= 11 is 0. The van der Waals surface area contributed by atoms with Crippen LogP contribution in [0.4, 0.5) is 5.69 Å². The van der Waals surface area contributed by atoms with Gasteiger partial charge in [0.2, 0.25) is 0 Å². The van der Waals surface area contributed by atoms with Crippen LogP contribution >= 0.6 is 0 Å². The topological polar surface area (TPSA) is 92.2 Å². The van der Waals surface area contributed by atoms with Crippen molar-refractivity contribution in [1.82, 2.24) is 19.7 Å². The molecule has 208 valence electrons. The minimum absolute atomic E-state index is 0.0171. The predicted molar refractivity (Wildman–Crippen MR) is 161 cm³/mol. The second-order valence-corrected chi connectivity index (χ2v) is 9.99. The number of hydrogen-bond donors (Lipinski definition) is 2. The molecule has 0 aliphatic heterocycles. The van der Waals surface area contributed by atoms with E-state index in [4.69, 9.17) is 4.99 Å². The lowest BCUT2D eigenvalue weighted by Gasteiger charge is -2.23. The zero-order chi connectivity index (χ0) is 28.8. The van der Waals surface area contributed by atoms with Crippen molar-refractivity contribution in [3.05, 3.63) is 95.1 Å². The Bertz CT molecular complexity index is 1510. The highest BCUT2D eigenvalue weighted by Gasteiger charge is 2.21. The van der Waals surface area contributed by atoms with Gasteiger partial charge in [-0.25, -0.2) is 4.99 Å². The second kappa shape index (κ2) is 12.6. The molecule has 2 N–H and O–H groups in total. The van der Waals surface area contributed by atoms with Crippen LogP contribution < -0.4 is 0 Å². The molecule has 0 atom stereocenters. The Kier molecular flexibility index (Phi) is 9.01. The van der Waals surface area contributed by atoms with Gasteiger partial charge in [0.15, 0.2) is 5.88 Å². The molecule has 4 rings (SSSR count). The highest BCUT2D eigenvalue weighted by atomic mass is 16.3. The summed E-state index contributed by atoms with van der Waals surface area (Å²) in [5.41, 5.74) is 4.38. The summed E-state index contributed by atoms with van der Waals surface area (Å²) < 4.78 is 0. The number of aromatic amines is 1. The van der Waals surface area contributed by atoms with Crippen LogP contribution in [0.15, 0.2) is 77.8 Å². The molecule has 0 bridgehead atoms. The van der Waals surface area contributed by atoms with Gasteiger partial charge in [0.1, 0.15) is 0 Å². The van der Waals surface area contributed by atoms with Crippen LogP contribution in [0.2, 0.25) is 0 Å². The van der Waals surface area contributed by atoms with Crippen LogP contribution in [0.3, 0.4) is 0 Å². The maximum Gasteiger partial charge on any atom is 0.253 e. The molecule has 1 heterocycles. The lowest BCUT2D eigenvalue weighted by atomic mass is 10.00. The van der Waals surface area contributed by atoms with Crippen LogP contribution in [0.1, 0.15) is 45.7 Å². The molecule has 40 heavy (non-hydrogen) atoms. The molecule has 0 unspecified atom stereocenters. The van der Waals surface area contributed by atoms with E-state index in [0.717, 1.165) is 17.5 Å². The van der Waals surface area contributed by atoms with Crippen molar-refractivity contribution in [2.45, 2.75) is 13.8 Å². The molecule has 1 aromatic heterocycles. The lowest BCUT2D eigenvalue weighted by molar-refractivity contribution is 0.0753. The van der Waals surface area contributed by atoms with Gasteiger partial charge in [-0.2, -0.15) is 0 Å². The highest BCUT2D eigenvalue weighted by molar-refractivity contribution is 6.22. The molecule has 0 aliphatic carbocycles. The minimum Gasteiger partial charge on any atom is -0.494 e. The summed E-state index contributed by atoms with van der Waals surface area (Å²) in [5, 5.41) is 11.8. The van der Waals surface area contributed by atoms with Crippen molar-refractivity contribution >= 4 is 34.1 Å². The standard InChI is InChI=1S/C32H37N5O3/c1-6-36(5)31(39)24-15-18-26-27(21-24)34-30(38)28(26)29(22-11-9-8-10-12-22)33-25-16-13-23(14-17-25)32(40)37(7-2)20-19-35(3)4/h8-18,21,34,38H,6-7,19-20H2,1-5H3. The number of aromatic hydroxyl groups is 1. The van der Waals surface area contributed by atoms with E-state index < -0.39 is 0 Å². The molecule has 8 nitrogen and oxygen atoms in total. The van der Waals surface area contributed by atoms with Gasteiger partial charge in [0, 0.05) is 60.8 Å². The van der Waals surface area contributed by atoms with Crippen molar-refractivity contribution in [2.75, 3.05) is 47.3 Å². The van der Waals surface area contributed by atoms with Crippen LogP contribution in [0.5, 0.6) is 5.88 Å². The Balaban J connectivity index is 1.73. The van der Waals surface area contributed by atoms with Crippen LogP contribution in [0.25, 0.3) is 10.9 Å². The first-order chi connectivity index (χ1) is 19.2. The Morgan fingerprint density at radius 1 is 0.800 bits per heavy atom. The third-order valence-corrected chi connectivity index (χ3v) is 6.97. The summed E-state index contributed by atoms with van der Waals surface area (Å²) in [5.74, 6) is -0.135. The maximum absolute atomic E-state index is 13.1. The van der Waals surface area contributed by atoms with E-state index in [-0.39, 0.29) is 17.7 Å². The number of aliphatic imine (C=N–C) groups is 1. The molecule has 0 fully saturated rings. The number of nitrogens with one attached hydrogen (secondary N) is 1. The summed E-state index contributed by atoms with van der Waals surface area (Å²) in [7, 11) is 5.74. The largest absolute Gasteiger partial charge is 0.494 e. The fourth-order valence-corrected chi connectivity index (χ4v) is 4.50. The van der Waals surface area contributed by atoms with Gasteiger partial charge in [0.25, 0.3) is 11.8 Å². The molecule has 8 heteroatoms. The first-order valence-corrected chi connectivity index (χ1v) is 13.5. The summed E-state index contributed by atoms with van der Waals surface area (Å²) in [4.78, 5) is 39.3. The SMILES string of the molecule is CCN(C)C(=O)c1ccc2c(C(=Nc3ccc(C(=O)N(CC)CCN(C)C)cc3)c3ccccc3)c(O)[nH]c2c1. The van der Waals surface area contributed by atoms with Gasteiger partial charge in [-0.05, 0) is 64.3 Å². The molecule has 4 aromatic rings. The van der Waals surface area contributed by atoms with E-state index in [0.29, 0.717) is 53.2 Å². The fraction of sp³-hybridized carbons (Fsp3) is 0.281. The molecular formula is C32H37N5O3. The number of amides is 2. The molecule has 2 amide bonds. The average molecular weight is 540 g/mol. The van der Waals surface area contributed by atoms with E-state index in [1.165, 1.54) is 0 Å². The number of H-pyrrole nitrogens is 1. The van der Waals surface area contributed by atoms with Crippen molar-refractivity contribution in [3.8, 4) is 5.88 Å². The number of carbonyl (C=O) groups excluding carboxylic acids is 2. The number of likely N-dealkylation sites (N-methyl/N-ethyl adjacent to an activating group) is 2. The first kappa shape index (κ1) is 28.6. The van der Waals surface area contributed by atoms with Crippen LogP contribution in [0, 0.1) is 0 Å². The zero-order valence-electron chi connectivity index (χ0n) is 23.8. The second-order valence-electron chi connectivity index (χ2n) is 9.99. The van der Waals surface area contributed by atoms with Crippen molar-refractivity contribution in [2.24, 2.45) is 4.99 Å². The van der Waals surface area contributed by atoms with Crippen LogP contribution in [-0.4, -0.2) is 89.6 Å². The monoisotopic (exact) mass is 539 g/mol. The van der Waals surface area contributed by atoms with Gasteiger partial charge < -0.3 is 24.8 Å². The Hall–Kier alpha value is -4.43. The third kappa shape index (κ3) is 6.24. The molecule has 0 spiro atoms.